The lowest BCUT2D eigenvalue weighted by Crippen LogP contribution is -2.24. The van der Waals surface area contributed by atoms with Gasteiger partial charge in [0.1, 0.15) is 11.6 Å². The minimum atomic E-state index is -0.243. The maximum Gasteiger partial charge on any atom is 0.233 e. The number of rotatable bonds is 8. The van der Waals surface area contributed by atoms with Crippen LogP contribution in [0.2, 0.25) is 0 Å². The molecule has 0 amide bonds. The summed E-state index contributed by atoms with van der Waals surface area (Å²) in [6.45, 7) is 13.2. The largest absolute Gasteiger partial charge is 0.496 e. The van der Waals surface area contributed by atoms with Gasteiger partial charge in [0.05, 0.1) is 13.7 Å². The molecule has 4 nitrogen and oxygen atoms in total. The second-order valence-corrected chi connectivity index (χ2v) is 8.01. The summed E-state index contributed by atoms with van der Waals surface area (Å²) in [5, 5.41) is 4.50. The smallest absolute Gasteiger partial charge is 0.233 e. The number of methoxy groups -OCH3 is 1. The Morgan fingerprint density at radius 3 is 2.46 bits per heavy atom. The SMILES string of the molecule is COc1ccc(F)cc1C(C)(C)CC(C)COc1cc(C)n(C(C)C)n1. The van der Waals surface area contributed by atoms with E-state index in [9.17, 15) is 4.39 Å². The van der Waals surface area contributed by atoms with Crippen LogP contribution in [0.1, 0.15) is 58.3 Å². The van der Waals surface area contributed by atoms with Crippen LogP contribution in [-0.2, 0) is 5.41 Å². The molecule has 0 saturated heterocycles. The highest BCUT2D eigenvalue weighted by molar-refractivity contribution is 5.39. The summed E-state index contributed by atoms with van der Waals surface area (Å²) in [5.74, 6) is 1.41. The molecular formula is C21H31FN2O2. The summed E-state index contributed by atoms with van der Waals surface area (Å²) in [7, 11) is 1.62. The Labute approximate surface area is 156 Å². The second-order valence-electron chi connectivity index (χ2n) is 8.01. The zero-order valence-corrected chi connectivity index (χ0v) is 17.0. The third-order valence-corrected chi connectivity index (χ3v) is 4.65. The molecule has 5 heteroatoms. The number of hydrogen-bond acceptors (Lipinski definition) is 3. The van der Waals surface area contributed by atoms with E-state index in [0.29, 0.717) is 18.5 Å². The van der Waals surface area contributed by atoms with Crippen molar-refractivity contribution in [1.82, 2.24) is 9.78 Å². The second kappa shape index (κ2) is 8.11. The third-order valence-electron chi connectivity index (χ3n) is 4.65. The molecule has 0 saturated carbocycles. The first-order chi connectivity index (χ1) is 12.1. The number of ether oxygens (including phenoxy) is 2. The monoisotopic (exact) mass is 362 g/mol. The van der Waals surface area contributed by atoms with Gasteiger partial charge >= 0.3 is 0 Å². The lowest BCUT2D eigenvalue weighted by Gasteiger charge is -2.30. The van der Waals surface area contributed by atoms with Crippen LogP contribution < -0.4 is 9.47 Å². The van der Waals surface area contributed by atoms with Gasteiger partial charge in [-0.1, -0.05) is 20.8 Å². The van der Waals surface area contributed by atoms with Crippen molar-refractivity contribution >= 4 is 0 Å². The van der Waals surface area contributed by atoms with Gasteiger partial charge in [-0.15, -0.1) is 5.10 Å². The number of aryl methyl sites for hydroxylation is 1. The summed E-state index contributed by atoms with van der Waals surface area (Å²) in [5.41, 5.74) is 1.74. The molecule has 144 valence electrons. The van der Waals surface area contributed by atoms with Crippen molar-refractivity contribution in [2.24, 2.45) is 5.92 Å². The molecule has 0 aliphatic carbocycles. The Bertz CT molecular complexity index is 738. The van der Waals surface area contributed by atoms with Crippen molar-refractivity contribution < 1.29 is 13.9 Å². The highest BCUT2D eigenvalue weighted by Gasteiger charge is 2.27. The Kier molecular flexibility index (Phi) is 6.32. The van der Waals surface area contributed by atoms with Crippen LogP contribution in [-0.4, -0.2) is 23.5 Å². The maximum absolute atomic E-state index is 13.7. The number of hydrogen-bond donors (Lipinski definition) is 0. The lowest BCUT2D eigenvalue weighted by molar-refractivity contribution is 0.217. The van der Waals surface area contributed by atoms with E-state index in [0.717, 1.165) is 23.4 Å². The van der Waals surface area contributed by atoms with E-state index >= 15 is 0 Å². The minimum absolute atomic E-state index is 0.233. The van der Waals surface area contributed by atoms with Gasteiger partial charge < -0.3 is 9.47 Å². The van der Waals surface area contributed by atoms with Crippen LogP contribution in [0.25, 0.3) is 0 Å². The van der Waals surface area contributed by atoms with E-state index in [1.54, 1.807) is 19.2 Å². The number of nitrogens with zero attached hydrogens (tertiary/aromatic N) is 2. The molecule has 1 aromatic heterocycles. The van der Waals surface area contributed by atoms with Gasteiger partial charge in [-0.25, -0.2) is 4.39 Å². The number of halogens is 1. The van der Waals surface area contributed by atoms with Crippen molar-refractivity contribution in [2.45, 2.75) is 59.4 Å². The predicted octanol–water partition coefficient (Wildman–Crippen LogP) is 5.30. The minimum Gasteiger partial charge on any atom is -0.496 e. The summed E-state index contributed by atoms with van der Waals surface area (Å²) in [4.78, 5) is 0. The fourth-order valence-corrected chi connectivity index (χ4v) is 3.53. The molecule has 0 aliphatic heterocycles. The Morgan fingerprint density at radius 2 is 1.88 bits per heavy atom. The molecule has 26 heavy (non-hydrogen) atoms. The van der Waals surface area contributed by atoms with Gasteiger partial charge in [0.15, 0.2) is 0 Å². The Balaban J connectivity index is 2.03. The van der Waals surface area contributed by atoms with Crippen LogP contribution >= 0.6 is 0 Å². The molecule has 0 radical (unpaired) electrons. The first-order valence-corrected chi connectivity index (χ1v) is 9.17. The van der Waals surface area contributed by atoms with Gasteiger partial charge in [-0.2, -0.15) is 0 Å². The topological polar surface area (TPSA) is 36.3 Å². The fourth-order valence-electron chi connectivity index (χ4n) is 3.53. The maximum atomic E-state index is 13.7. The molecule has 1 unspecified atom stereocenters. The fraction of sp³-hybridized carbons (Fsp3) is 0.571. The molecule has 0 fully saturated rings. The predicted molar refractivity (Wildman–Crippen MR) is 103 cm³/mol. The molecular weight excluding hydrogens is 331 g/mol. The average Bonchev–Trinajstić information content (AvgIpc) is 2.93. The van der Waals surface area contributed by atoms with E-state index in [1.165, 1.54) is 6.07 Å². The van der Waals surface area contributed by atoms with E-state index in [-0.39, 0.29) is 17.2 Å². The lowest BCUT2D eigenvalue weighted by atomic mass is 9.77. The average molecular weight is 362 g/mol. The van der Waals surface area contributed by atoms with Crippen LogP contribution in [0.3, 0.4) is 0 Å². The normalized spacial score (nSPS) is 13.1. The molecule has 1 atom stereocenters. The van der Waals surface area contributed by atoms with E-state index < -0.39 is 0 Å². The molecule has 2 rings (SSSR count). The van der Waals surface area contributed by atoms with Crippen LogP contribution in [0, 0.1) is 18.7 Å². The zero-order chi connectivity index (χ0) is 19.5. The van der Waals surface area contributed by atoms with Gasteiger partial charge in [0.25, 0.3) is 0 Å². The highest BCUT2D eigenvalue weighted by atomic mass is 19.1. The van der Waals surface area contributed by atoms with Gasteiger partial charge in [0.2, 0.25) is 5.88 Å². The standard InChI is InChI=1S/C21H31FN2O2/c1-14(2)24-16(4)10-20(23-24)26-13-15(3)12-21(5,6)18-11-17(22)8-9-19(18)25-7/h8-11,14-15H,12-13H2,1-7H3. The summed E-state index contributed by atoms with van der Waals surface area (Å²) >= 11 is 0. The molecule has 0 N–H and O–H groups in total. The van der Waals surface area contributed by atoms with Crippen molar-refractivity contribution in [3.05, 3.63) is 41.3 Å². The van der Waals surface area contributed by atoms with E-state index in [4.69, 9.17) is 9.47 Å². The number of aromatic nitrogens is 2. The molecule has 2 aromatic rings. The first kappa shape index (κ1) is 20.3. The van der Waals surface area contributed by atoms with Crippen molar-refractivity contribution in [3.63, 3.8) is 0 Å². The summed E-state index contributed by atoms with van der Waals surface area (Å²) in [6, 6.07) is 6.96. The molecule has 1 heterocycles. The van der Waals surface area contributed by atoms with Gasteiger partial charge in [-0.3, -0.25) is 4.68 Å². The first-order valence-electron chi connectivity index (χ1n) is 9.17. The Morgan fingerprint density at radius 1 is 1.19 bits per heavy atom. The van der Waals surface area contributed by atoms with Crippen LogP contribution in [0.4, 0.5) is 4.39 Å². The van der Waals surface area contributed by atoms with Crippen LogP contribution in [0.5, 0.6) is 11.6 Å². The molecule has 1 aromatic carbocycles. The summed E-state index contributed by atoms with van der Waals surface area (Å²) in [6.07, 6.45) is 0.844. The molecule has 0 spiro atoms. The van der Waals surface area contributed by atoms with E-state index in [2.05, 4.69) is 39.7 Å². The highest BCUT2D eigenvalue weighted by Crippen LogP contribution is 2.37. The quantitative estimate of drug-likeness (QED) is 0.639. The van der Waals surface area contributed by atoms with Crippen molar-refractivity contribution in [2.75, 3.05) is 13.7 Å². The van der Waals surface area contributed by atoms with Gasteiger partial charge in [0, 0.05) is 23.4 Å². The third kappa shape index (κ3) is 4.77. The molecule has 0 bridgehead atoms. The Hall–Kier alpha value is -2.04. The van der Waals surface area contributed by atoms with Crippen molar-refractivity contribution in [1.29, 1.82) is 0 Å². The van der Waals surface area contributed by atoms with Crippen molar-refractivity contribution in [3.8, 4) is 11.6 Å². The van der Waals surface area contributed by atoms with E-state index in [1.807, 2.05) is 17.7 Å². The van der Waals surface area contributed by atoms with Crippen LogP contribution in [0.15, 0.2) is 24.3 Å². The zero-order valence-electron chi connectivity index (χ0n) is 17.0. The number of benzene rings is 1. The summed E-state index contributed by atoms with van der Waals surface area (Å²) < 4.78 is 27.0. The van der Waals surface area contributed by atoms with Gasteiger partial charge in [-0.05, 0) is 56.7 Å². The molecule has 0 aliphatic rings.